The number of carbonyl (C=O) groups excluding carboxylic acids is 1. The smallest absolute Gasteiger partial charge is 0.277 e. The number of nitrogens with zero attached hydrogens (tertiary/aromatic N) is 2. The second-order valence-corrected chi connectivity index (χ2v) is 7.18. The van der Waals surface area contributed by atoms with Gasteiger partial charge in [0.25, 0.3) is 5.56 Å². The summed E-state index contributed by atoms with van der Waals surface area (Å²) in [5.74, 6) is -0.0752. The molecule has 1 aliphatic rings. The van der Waals surface area contributed by atoms with Crippen molar-refractivity contribution in [3.8, 4) is 0 Å². The SMILES string of the molecule is CC(C)(C)N1C(=O)CNc2ccn(C(C)(C)C)c(=O)c21. The molecule has 1 amide bonds. The molecule has 5 nitrogen and oxygen atoms in total. The van der Waals surface area contributed by atoms with Crippen molar-refractivity contribution in [1.82, 2.24) is 4.57 Å². The molecular formula is C15H23N3O2. The monoisotopic (exact) mass is 277 g/mol. The average molecular weight is 277 g/mol. The van der Waals surface area contributed by atoms with Gasteiger partial charge in [0.15, 0.2) is 0 Å². The number of aromatic nitrogens is 1. The van der Waals surface area contributed by atoms with Crippen LogP contribution in [0.4, 0.5) is 11.4 Å². The Hall–Kier alpha value is -1.78. The maximum atomic E-state index is 12.8. The van der Waals surface area contributed by atoms with E-state index in [1.807, 2.05) is 47.6 Å². The van der Waals surface area contributed by atoms with Crippen LogP contribution in [0.1, 0.15) is 41.5 Å². The van der Waals surface area contributed by atoms with Crippen molar-refractivity contribution in [1.29, 1.82) is 0 Å². The van der Waals surface area contributed by atoms with Crippen molar-refractivity contribution < 1.29 is 4.79 Å². The summed E-state index contributed by atoms with van der Waals surface area (Å²) >= 11 is 0. The van der Waals surface area contributed by atoms with Crippen LogP contribution in [-0.4, -0.2) is 22.6 Å². The highest BCUT2D eigenvalue weighted by Gasteiger charge is 2.36. The first kappa shape index (κ1) is 14.6. The van der Waals surface area contributed by atoms with Crippen LogP contribution in [-0.2, 0) is 10.3 Å². The number of nitrogens with one attached hydrogen (secondary N) is 1. The number of hydrogen-bond acceptors (Lipinski definition) is 3. The fourth-order valence-electron chi connectivity index (χ4n) is 2.50. The van der Waals surface area contributed by atoms with Crippen LogP contribution >= 0.6 is 0 Å². The molecule has 2 heterocycles. The van der Waals surface area contributed by atoms with Crippen molar-refractivity contribution in [2.24, 2.45) is 0 Å². The van der Waals surface area contributed by atoms with Crippen LogP contribution in [0.3, 0.4) is 0 Å². The van der Waals surface area contributed by atoms with Gasteiger partial charge in [-0.2, -0.15) is 0 Å². The van der Waals surface area contributed by atoms with Crippen LogP contribution in [0.5, 0.6) is 0 Å². The van der Waals surface area contributed by atoms with E-state index in [9.17, 15) is 9.59 Å². The molecule has 0 radical (unpaired) electrons. The molecule has 2 rings (SSSR count). The summed E-state index contributed by atoms with van der Waals surface area (Å²) in [4.78, 5) is 26.6. The second kappa shape index (κ2) is 4.36. The summed E-state index contributed by atoms with van der Waals surface area (Å²) in [6.07, 6.45) is 1.78. The largest absolute Gasteiger partial charge is 0.374 e. The van der Waals surface area contributed by atoms with Gasteiger partial charge < -0.3 is 9.88 Å². The predicted octanol–water partition coefficient (Wildman–Crippen LogP) is 2.16. The van der Waals surface area contributed by atoms with Crippen molar-refractivity contribution in [3.05, 3.63) is 22.6 Å². The van der Waals surface area contributed by atoms with Crippen molar-refractivity contribution in [2.75, 3.05) is 16.8 Å². The third-order valence-corrected chi connectivity index (χ3v) is 3.36. The van der Waals surface area contributed by atoms with E-state index in [-0.39, 0.29) is 23.6 Å². The molecule has 0 atom stereocenters. The Bertz CT molecular complexity index is 603. The first-order valence-corrected chi connectivity index (χ1v) is 6.86. The lowest BCUT2D eigenvalue weighted by Gasteiger charge is -2.40. The highest BCUT2D eigenvalue weighted by atomic mass is 16.2. The normalized spacial score (nSPS) is 15.9. The Morgan fingerprint density at radius 1 is 1.05 bits per heavy atom. The molecule has 0 spiro atoms. The average Bonchev–Trinajstić information content (AvgIpc) is 2.26. The Balaban J connectivity index is 2.73. The van der Waals surface area contributed by atoms with Gasteiger partial charge in [0.05, 0.1) is 12.2 Å². The van der Waals surface area contributed by atoms with Crippen molar-refractivity contribution in [3.63, 3.8) is 0 Å². The molecular weight excluding hydrogens is 254 g/mol. The van der Waals surface area contributed by atoms with Crippen molar-refractivity contribution in [2.45, 2.75) is 52.6 Å². The molecule has 1 aliphatic heterocycles. The van der Waals surface area contributed by atoms with Crippen molar-refractivity contribution >= 4 is 17.3 Å². The zero-order chi connectivity index (χ0) is 15.3. The van der Waals surface area contributed by atoms with Gasteiger partial charge in [0, 0.05) is 17.3 Å². The third-order valence-electron chi connectivity index (χ3n) is 3.36. The predicted molar refractivity (Wildman–Crippen MR) is 81.4 cm³/mol. The molecule has 0 aromatic carbocycles. The molecule has 20 heavy (non-hydrogen) atoms. The molecule has 0 bridgehead atoms. The second-order valence-electron chi connectivity index (χ2n) is 7.18. The quantitative estimate of drug-likeness (QED) is 0.790. The minimum absolute atomic E-state index is 0.0752. The van der Waals surface area contributed by atoms with Gasteiger partial charge in [-0.1, -0.05) is 0 Å². The first-order chi connectivity index (χ1) is 9.03. The number of carbonyl (C=O) groups is 1. The maximum absolute atomic E-state index is 12.8. The molecule has 0 aliphatic carbocycles. The number of rotatable bonds is 0. The fraction of sp³-hybridized carbons (Fsp3) is 0.600. The lowest BCUT2D eigenvalue weighted by atomic mass is 10.0. The van der Waals surface area contributed by atoms with Crippen LogP contribution in [0.15, 0.2) is 17.1 Å². The lowest BCUT2D eigenvalue weighted by Crippen LogP contribution is -2.54. The number of amides is 1. The molecule has 0 saturated heterocycles. The van der Waals surface area contributed by atoms with Gasteiger partial charge in [-0.15, -0.1) is 0 Å². The minimum Gasteiger partial charge on any atom is -0.374 e. The minimum atomic E-state index is -0.426. The number of anilines is 2. The van der Waals surface area contributed by atoms with E-state index in [4.69, 9.17) is 0 Å². The third kappa shape index (κ3) is 2.32. The summed E-state index contributed by atoms with van der Waals surface area (Å²) < 4.78 is 1.67. The zero-order valence-corrected chi connectivity index (χ0v) is 13.1. The summed E-state index contributed by atoms with van der Waals surface area (Å²) in [7, 11) is 0. The Labute approximate surface area is 119 Å². The lowest BCUT2D eigenvalue weighted by molar-refractivity contribution is -0.118. The summed E-state index contributed by atoms with van der Waals surface area (Å²) in [5, 5.41) is 3.03. The number of pyridine rings is 1. The fourth-order valence-corrected chi connectivity index (χ4v) is 2.50. The molecule has 0 fully saturated rings. The van der Waals surface area contributed by atoms with E-state index in [1.165, 1.54) is 0 Å². The van der Waals surface area contributed by atoms with Gasteiger partial charge in [-0.25, -0.2) is 0 Å². The summed E-state index contributed by atoms with van der Waals surface area (Å²) in [6, 6.07) is 1.87. The Morgan fingerprint density at radius 2 is 1.65 bits per heavy atom. The van der Waals surface area contributed by atoms with Crippen LogP contribution in [0.2, 0.25) is 0 Å². The van der Waals surface area contributed by atoms with E-state index in [0.717, 1.165) is 5.69 Å². The van der Waals surface area contributed by atoms with E-state index in [2.05, 4.69) is 5.32 Å². The molecule has 0 saturated carbocycles. The van der Waals surface area contributed by atoms with Gasteiger partial charge in [-0.3, -0.25) is 14.5 Å². The number of fused-ring (bicyclic) bond motifs is 1. The van der Waals surface area contributed by atoms with E-state index >= 15 is 0 Å². The van der Waals surface area contributed by atoms with Gasteiger partial charge >= 0.3 is 0 Å². The first-order valence-electron chi connectivity index (χ1n) is 6.86. The molecule has 1 N–H and O–H groups in total. The van der Waals surface area contributed by atoms with Crippen LogP contribution in [0, 0.1) is 0 Å². The molecule has 1 aromatic rings. The Kier molecular flexibility index (Phi) is 3.19. The van der Waals surface area contributed by atoms with Gasteiger partial charge in [0.2, 0.25) is 5.91 Å². The zero-order valence-electron chi connectivity index (χ0n) is 13.1. The highest BCUT2D eigenvalue weighted by Crippen LogP contribution is 2.31. The van der Waals surface area contributed by atoms with E-state index < -0.39 is 5.54 Å². The standard InChI is InChI=1S/C15H23N3O2/c1-14(2,3)17-8-7-10-12(13(17)20)18(15(4,5)6)11(19)9-16-10/h7-8,16H,9H2,1-6H3. The topological polar surface area (TPSA) is 54.3 Å². The van der Waals surface area contributed by atoms with Crippen LogP contribution < -0.4 is 15.8 Å². The maximum Gasteiger partial charge on any atom is 0.277 e. The summed E-state index contributed by atoms with van der Waals surface area (Å²) in [5.41, 5.74) is 0.294. The van der Waals surface area contributed by atoms with Gasteiger partial charge in [-0.05, 0) is 47.6 Å². The molecule has 110 valence electrons. The van der Waals surface area contributed by atoms with Crippen LogP contribution in [0.25, 0.3) is 0 Å². The van der Waals surface area contributed by atoms with Gasteiger partial charge in [0.1, 0.15) is 5.69 Å². The summed E-state index contributed by atoms with van der Waals surface area (Å²) in [6.45, 7) is 12.0. The van der Waals surface area contributed by atoms with E-state index in [1.54, 1.807) is 15.7 Å². The molecule has 1 aromatic heterocycles. The van der Waals surface area contributed by atoms with E-state index in [0.29, 0.717) is 5.69 Å². The molecule has 0 unspecified atom stereocenters. The highest BCUT2D eigenvalue weighted by molar-refractivity contribution is 6.03. The molecule has 5 heteroatoms. The Morgan fingerprint density at radius 3 is 2.15 bits per heavy atom. The number of hydrogen-bond donors (Lipinski definition) is 1.